The minimum absolute atomic E-state index is 0.0608. The molecule has 2 heterocycles. The van der Waals surface area contributed by atoms with Gasteiger partial charge in [-0.3, -0.25) is 9.59 Å². The third kappa shape index (κ3) is 5.75. The molecule has 12 heteroatoms. The number of pyridine rings is 1. The lowest BCUT2D eigenvalue weighted by molar-refractivity contribution is -0.121. The molecule has 1 aliphatic rings. The highest BCUT2D eigenvalue weighted by atomic mass is 16.7. The lowest BCUT2D eigenvalue weighted by atomic mass is 9.87. The highest BCUT2D eigenvalue weighted by Crippen LogP contribution is 2.43. The molecule has 3 aromatic rings. The Kier molecular flexibility index (Phi) is 8.67. The van der Waals surface area contributed by atoms with E-state index in [0.717, 1.165) is 11.8 Å². The third-order valence-corrected chi connectivity index (χ3v) is 6.35. The van der Waals surface area contributed by atoms with Crippen LogP contribution in [0.1, 0.15) is 46.3 Å². The fourth-order valence-corrected chi connectivity index (χ4v) is 4.42. The summed E-state index contributed by atoms with van der Waals surface area (Å²) in [5.74, 6) is -0.820. The van der Waals surface area contributed by atoms with Gasteiger partial charge in [0.25, 0.3) is 5.56 Å². The number of aromatic hydroxyl groups is 1. The van der Waals surface area contributed by atoms with Crippen LogP contribution in [0.25, 0.3) is 0 Å². The summed E-state index contributed by atoms with van der Waals surface area (Å²) in [7, 11) is 4.31. The molecule has 1 atom stereocenters. The van der Waals surface area contributed by atoms with Crippen molar-refractivity contribution in [2.45, 2.75) is 25.8 Å². The predicted molar refractivity (Wildman–Crippen MR) is 142 cm³/mol. The normalized spacial score (nSPS) is 12.4. The summed E-state index contributed by atoms with van der Waals surface area (Å²) in [5, 5.41) is 13.9. The number of carbonyl (C=O) groups is 2. The van der Waals surface area contributed by atoms with E-state index in [1.807, 2.05) is 0 Å². The number of aromatic amines is 1. The van der Waals surface area contributed by atoms with E-state index in [0.29, 0.717) is 22.8 Å². The van der Waals surface area contributed by atoms with Crippen LogP contribution in [0.15, 0.2) is 41.3 Å². The monoisotopic (exact) mass is 554 g/mol. The fourth-order valence-electron chi connectivity index (χ4n) is 4.42. The second kappa shape index (κ2) is 12.3. The van der Waals surface area contributed by atoms with Gasteiger partial charge in [-0.15, -0.1) is 0 Å². The van der Waals surface area contributed by atoms with Gasteiger partial charge in [0.1, 0.15) is 11.3 Å². The average molecular weight is 555 g/mol. The minimum Gasteiger partial charge on any atom is -0.506 e. The van der Waals surface area contributed by atoms with Crippen LogP contribution in [0.4, 0.5) is 0 Å². The van der Waals surface area contributed by atoms with Crippen molar-refractivity contribution in [3.8, 4) is 34.5 Å². The number of rotatable bonds is 11. The van der Waals surface area contributed by atoms with Crippen LogP contribution < -0.4 is 34.6 Å². The van der Waals surface area contributed by atoms with E-state index in [4.69, 9.17) is 28.4 Å². The zero-order valence-electron chi connectivity index (χ0n) is 22.5. The van der Waals surface area contributed by atoms with E-state index in [1.165, 1.54) is 21.3 Å². The van der Waals surface area contributed by atoms with Gasteiger partial charge >= 0.3 is 5.97 Å². The first-order valence-corrected chi connectivity index (χ1v) is 12.4. The fraction of sp³-hybridized carbons (Fsp3) is 0.321. The largest absolute Gasteiger partial charge is 0.506 e. The van der Waals surface area contributed by atoms with Crippen LogP contribution in [-0.4, -0.2) is 56.7 Å². The van der Waals surface area contributed by atoms with Gasteiger partial charge in [-0.2, -0.15) is 0 Å². The number of ether oxygens (including phenoxy) is 6. The number of hydrogen-bond acceptors (Lipinski definition) is 10. The number of nitrogens with one attached hydrogen (secondary N) is 2. The number of carbonyl (C=O) groups excluding carboxylic acids is 2. The maximum absolute atomic E-state index is 13.2. The first kappa shape index (κ1) is 28.1. The standard InChI is InChI=1S/C28H30N2O10/c1-5-38-28(34)18-13-30-27(33)24(25(18)32)17(16-9-21(35-2)26(37-4)22(10-16)36-3)11-23(31)29-12-15-6-7-19-20(8-15)40-14-39-19/h6-10,13,17H,5,11-12,14H2,1-4H3,(H,29,31)(H2,30,32,33). The quantitative estimate of drug-likeness (QED) is 0.301. The number of benzene rings is 2. The lowest BCUT2D eigenvalue weighted by Crippen LogP contribution is -2.28. The Bertz CT molecular complexity index is 1440. The van der Waals surface area contributed by atoms with Gasteiger partial charge in [-0.1, -0.05) is 6.07 Å². The van der Waals surface area contributed by atoms with Crippen molar-refractivity contribution < 1.29 is 43.1 Å². The Balaban J connectivity index is 1.73. The lowest BCUT2D eigenvalue weighted by Gasteiger charge is -2.22. The van der Waals surface area contributed by atoms with Crippen molar-refractivity contribution in [1.82, 2.24) is 10.3 Å². The number of H-pyrrole nitrogens is 1. The van der Waals surface area contributed by atoms with E-state index in [9.17, 15) is 19.5 Å². The van der Waals surface area contributed by atoms with Crippen LogP contribution >= 0.6 is 0 Å². The van der Waals surface area contributed by atoms with E-state index in [2.05, 4.69) is 10.3 Å². The van der Waals surface area contributed by atoms with Gasteiger partial charge < -0.3 is 43.8 Å². The number of hydrogen-bond donors (Lipinski definition) is 3. The van der Waals surface area contributed by atoms with Crippen molar-refractivity contribution in [1.29, 1.82) is 0 Å². The molecule has 0 aliphatic carbocycles. The molecule has 1 unspecified atom stereocenters. The minimum atomic E-state index is -1.02. The molecular weight excluding hydrogens is 524 g/mol. The zero-order chi connectivity index (χ0) is 28.8. The Labute approximate surface area is 229 Å². The van der Waals surface area contributed by atoms with E-state index < -0.39 is 29.1 Å². The van der Waals surface area contributed by atoms with Gasteiger partial charge in [0.15, 0.2) is 23.0 Å². The summed E-state index contributed by atoms with van der Waals surface area (Å²) in [6, 6.07) is 8.46. The topological polar surface area (TPSA) is 155 Å². The number of aromatic nitrogens is 1. The first-order valence-electron chi connectivity index (χ1n) is 12.4. The molecule has 40 heavy (non-hydrogen) atoms. The molecule has 0 fully saturated rings. The highest BCUT2D eigenvalue weighted by Gasteiger charge is 2.30. The van der Waals surface area contributed by atoms with Crippen molar-refractivity contribution in [2.24, 2.45) is 0 Å². The van der Waals surface area contributed by atoms with E-state index in [1.54, 1.807) is 37.3 Å². The van der Waals surface area contributed by atoms with Crippen molar-refractivity contribution in [3.05, 3.63) is 69.1 Å². The molecule has 12 nitrogen and oxygen atoms in total. The third-order valence-electron chi connectivity index (χ3n) is 6.35. The molecule has 4 rings (SSSR count). The zero-order valence-corrected chi connectivity index (χ0v) is 22.5. The van der Waals surface area contributed by atoms with Gasteiger partial charge in [-0.25, -0.2) is 4.79 Å². The highest BCUT2D eigenvalue weighted by molar-refractivity contribution is 5.92. The Morgan fingerprint density at radius 3 is 2.40 bits per heavy atom. The summed E-state index contributed by atoms with van der Waals surface area (Å²) in [6.07, 6.45) is 0.803. The van der Waals surface area contributed by atoms with E-state index in [-0.39, 0.29) is 49.0 Å². The molecule has 212 valence electrons. The maximum atomic E-state index is 13.2. The number of fused-ring (bicyclic) bond motifs is 1. The molecule has 1 aromatic heterocycles. The molecule has 1 aliphatic heterocycles. The summed E-state index contributed by atoms with van der Waals surface area (Å²) in [6.45, 7) is 1.98. The Morgan fingerprint density at radius 1 is 1.05 bits per heavy atom. The van der Waals surface area contributed by atoms with Crippen LogP contribution in [-0.2, 0) is 16.1 Å². The molecule has 3 N–H and O–H groups in total. The van der Waals surface area contributed by atoms with E-state index >= 15 is 0 Å². The van der Waals surface area contributed by atoms with Crippen molar-refractivity contribution in [3.63, 3.8) is 0 Å². The molecular formula is C28H30N2O10. The van der Waals surface area contributed by atoms with Gasteiger partial charge in [-0.05, 0) is 42.3 Å². The molecule has 1 amide bonds. The van der Waals surface area contributed by atoms with Crippen LogP contribution in [0, 0.1) is 0 Å². The second-order valence-corrected chi connectivity index (χ2v) is 8.69. The van der Waals surface area contributed by atoms with Crippen LogP contribution in [0.3, 0.4) is 0 Å². The number of methoxy groups -OCH3 is 3. The molecule has 2 aromatic carbocycles. The molecule has 0 radical (unpaired) electrons. The smallest absolute Gasteiger partial charge is 0.343 e. The maximum Gasteiger partial charge on any atom is 0.343 e. The summed E-state index contributed by atoms with van der Waals surface area (Å²) in [5.41, 5.74) is 0.0436. The van der Waals surface area contributed by atoms with Crippen molar-refractivity contribution in [2.75, 3.05) is 34.7 Å². The number of esters is 1. The van der Waals surface area contributed by atoms with Crippen molar-refractivity contribution >= 4 is 11.9 Å². The van der Waals surface area contributed by atoms with Crippen LogP contribution in [0.5, 0.6) is 34.5 Å². The first-order chi connectivity index (χ1) is 19.3. The Morgan fingerprint density at radius 2 is 1.75 bits per heavy atom. The molecule has 0 bridgehead atoms. The predicted octanol–water partition coefficient (Wildman–Crippen LogP) is 2.85. The molecule has 0 saturated heterocycles. The number of amides is 1. The SMILES string of the molecule is CCOC(=O)c1c[nH]c(=O)c(C(CC(=O)NCc2ccc3c(c2)OCO3)c2cc(OC)c(OC)c(OC)c2)c1O. The summed E-state index contributed by atoms with van der Waals surface area (Å²) >= 11 is 0. The Hall–Kier alpha value is -4.87. The van der Waals surface area contributed by atoms with Gasteiger partial charge in [0.05, 0.1) is 33.5 Å². The average Bonchev–Trinajstić information content (AvgIpc) is 3.43. The summed E-state index contributed by atoms with van der Waals surface area (Å²) < 4.78 is 32.0. The van der Waals surface area contributed by atoms with Crippen LogP contribution in [0.2, 0.25) is 0 Å². The van der Waals surface area contributed by atoms with Gasteiger partial charge in [0, 0.05) is 25.1 Å². The summed E-state index contributed by atoms with van der Waals surface area (Å²) in [4.78, 5) is 41.3. The molecule has 0 spiro atoms. The van der Waals surface area contributed by atoms with Gasteiger partial charge in [0.2, 0.25) is 18.4 Å². The second-order valence-electron chi connectivity index (χ2n) is 8.69. The molecule has 0 saturated carbocycles.